The maximum absolute atomic E-state index is 12.2. The Hall–Kier alpha value is -2.65. The average molecular weight is 475 g/mol. The summed E-state index contributed by atoms with van der Waals surface area (Å²) in [5.41, 5.74) is 0.613. The lowest BCUT2D eigenvalue weighted by Gasteiger charge is -2.24. The minimum Gasteiger partial charge on any atom is -0.484 e. The van der Waals surface area contributed by atoms with Gasteiger partial charge in [0.1, 0.15) is 11.6 Å². The summed E-state index contributed by atoms with van der Waals surface area (Å²) >= 11 is 5.84. The second-order valence-electron chi connectivity index (χ2n) is 7.82. The number of halogens is 1. The molecule has 0 aliphatic carbocycles. The van der Waals surface area contributed by atoms with E-state index in [1.807, 2.05) is 12.1 Å². The van der Waals surface area contributed by atoms with Gasteiger partial charge in [0.15, 0.2) is 6.61 Å². The summed E-state index contributed by atoms with van der Waals surface area (Å²) in [5, 5.41) is 13.5. The Morgan fingerprint density at radius 1 is 1.21 bits per heavy atom. The zero-order valence-corrected chi connectivity index (χ0v) is 19.4. The smallest absolute Gasteiger partial charge is 0.262 e. The van der Waals surface area contributed by atoms with E-state index >= 15 is 0 Å². The summed E-state index contributed by atoms with van der Waals surface area (Å²) in [6.07, 6.45) is 3.79. The van der Waals surface area contributed by atoms with Crippen molar-refractivity contribution in [3.8, 4) is 5.75 Å². The molecule has 1 aromatic carbocycles. The third kappa shape index (κ3) is 8.66. The normalized spacial score (nSPS) is 15.5. The third-order valence-electron chi connectivity index (χ3n) is 5.14. The fraction of sp³-hybridized carbons (Fsp3) is 0.417. The minimum absolute atomic E-state index is 0.101. The zero-order valence-electron chi connectivity index (χ0n) is 18.7. The molecule has 1 saturated heterocycles. The van der Waals surface area contributed by atoms with Crippen LogP contribution in [0.4, 0.5) is 11.5 Å². The van der Waals surface area contributed by atoms with Crippen LogP contribution in [0.2, 0.25) is 5.02 Å². The largest absolute Gasteiger partial charge is 0.484 e. The molecule has 1 aliphatic rings. The number of nitrogens with zero attached hydrogens (tertiary/aromatic N) is 3. The van der Waals surface area contributed by atoms with Crippen molar-refractivity contribution in [3.05, 3.63) is 60.3 Å². The number of carbonyl (C=O) groups excluding carboxylic acids is 1. The van der Waals surface area contributed by atoms with E-state index in [9.17, 15) is 9.90 Å². The molecule has 0 saturated carbocycles. The highest BCUT2D eigenvalue weighted by atomic mass is 35.5. The van der Waals surface area contributed by atoms with Crippen LogP contribution in [0.5, 0.6) is 5.75 Å². The van der Waals surface area contributed by atoms with Crippen LogP contribution in [-0.2, 0) is 9.53 Å². The molecule has 1 fully saturated rings. The van der Waals surface area contributed by atoms with E-state index < -0.39 is 6.10 Å². The average Bonchev–Trinajstić information content (AvgIpc) is 3.05. The number of ether oxygens (including phenoxy) is 2. The molecule has 0 bridgehead atoms. The Morgan fingerprint density at radius 3 is 2.76 bits per heavy atom. The summed E-state index contributed by atoms with van der Waals surface area (Å²) < 4.78 is 10.8. The monoisotopic (exact) mass is 474 g/mol. The Bertz CT molecular complexity index is 879. The molecule has 2 heterocycles. The van der Waals surface area contributed by atoms with Crippen molar-refractivity contribution in [2.24, 2.45) is 0 Å². The van der Waals surface area contributed by atoms with Gasteiger partial charge in [-0.2, -0.15) is 0 Å². The molecular formula is C24H31ClN4O4. The van der Waals surface area contributed by atoms with Gasteiger partial charge >= 0.3 is 0 Å². The van der Waals surface area contributed by atoms with Crippen molar-refractivity contribution in [1.82, 2.24) is 9.88 Å². The summed E-state index contributed by atoms with van der Waals surface area (Å²) in [5.74, 6) is 1.18. The second-order valence-corrected chi connectivity index (χ2v) is 8.25. The first kappa shape index (κ1) is 25.0. The van der Waals surface area contributed by atoms with Gasteiger partial charge in [-0.1, -0.05) is 17.7 Å². The van der Waals surface area contributed by atoms with Crippen LogP contribution in [0.3, 0.4) is 0 Å². The highest BCUT2D eigenvalue weighted by molar-refractivity contribution is 6.30. The summed E-state index contributed by atoms with van der Waals surface area (Å²) in [4.78, 5) is 21.1. The lowest BCUT2D eigenvalue weighted by molar-refractivity contribution is -0.118. The lowest BCUT2D eigenvalue weighted by Crippen LogP contribution is -2.37. The van der Waals surface area contributed by atoms with Crippen LogP contribution in [0, 0.1) is 0 Å². The van der Waals surface area contributed by atoms with E-state index in [0.717, 1.165) is 38.4 Å². The van der Waals surface area contributed by atoms with Gasteiger partial charge in [0.25, 0.3) is 5.91 Å². The highest BCUT2D eigenvalue weighted by Crippen LogP contribution is 2.18. The number of aliphatic hydroxyl groups excluding tert-OH is 1. The van der Waals surface area contributed by atoms with Gasteiger partial charge in [0.2, 0.25) is 0 Å². The Balaban J connectivity index is 1.43. The highest BCUT2D eigenvalue weighted by Gasteiger charge is 2.18. The van der Waals surface area contributed by atoms with Crippen LogP contribution < -0.4 is 15.0 Å². The predicted molar refractivity (Wildman–Crippen MR) is 130 cm³/mol. The maximum Gasteiger partial charge on any atom is 0.262 e. The first-order valence-corrected chi connectivity index (χ1v) is 11.4. The van der Waals surface area contributed by atoms with Crippen LogP contribution in [0.15, 0.2) is 55.3 Å². The van der Waals surface area contributed by atoms with E-state index in [1.165, 1.54) is 0 Å². The fourth-order valence-electron chi connectivity index (χ4n) is 3.54. The molecule has 0 spiro atoms. The lowest BCUT2D eigenvalue weighted by atomic mass is 10.3. The Labute approximate surface area is 199 Å². The van der Waals surface area contributed by atoms with Crippen LogP contribution >= 0.6 is 11.6 Å². The van der Waals surface area contributed by atoms with E-state index in [1.54, 1.807) is 36.5 Å². The molecule has 9 heteroatoms. The van der Waals surface area contributed by atoms with Crippen molar-refractivity contribution in [2.45, 2.75) is 12.5 Å². The Morgan fingerprint density at radius 2 is 2.03 bits per heavy atom. The maximum atomic E-state index is 12.2. The number of pyridine rings is 1. The van der Waals surface area contributed by atoms with Gasteiger partial charge in [-0.05, 0) is 49.4 Å². The van der Waals surface area contributed by atoms with Gasteiger partial charge in [-0.3, -0.25) is 9.69 Å². The number of nitrogens with one attached hydrogen (secondary N) is 1. The van der Waals surface area contributed by atoms with Crippen LogP contribution in [0.1, 0.15) is 6.42 Å². The van der Waals surface area contributed by atoms with Crippen molar-refractivity contribution >= 4 is 29.0 Å². The number of hydrogen-bond acceptors (Lipinski definition) is 7. The molecule has 3 rings (SSSR count). The molecule has 2 N–H and O–H groups in total. The molecule has 0 radical (unpaired) electrons. The number of amides is 1. The first-order valence-electron chi connectivity index (χ1n) is 11.0. The molecule has 8 nitrogen and oxygen atoms in total. The van der Waals surface area contributed by atoms with Gasteiger partial charge < -0.3 is 24.8 Å². The van der Waals surface area contributed by atoms with Gasteiger partial charge in [0, 0.05) is 31.2 Å². The minimum atomic E-state index is -0.513. The molecule has 1 aromatic heterocycles. The first-order chi connectivity index (χ1) is 16.0. The number of anilines is 2. The van der Waals surface area contributed by atoms with Crippen molar-refractivity contribution in [2.75, 3.05) is 62.8 Å². The second kappa shape index (κ2) is 13.2. The fourth-order valence-corrected chi connectivity index (χ4v) is 3.67. The van der Waals surface area contributed by atoms with Gasteiger partial charge in [-0.15, -0.1) is 6.58 Å². The molecule has 1 amide bonds. The summed E-state index contributed by atoms with van der Waals surface area (Å²) in [6, 6.07) is 10.6. The van der Waals surface area contributed by atoms with Crippen molar-refractivity contribution < 1.29 is 19.4 Å². The number of hydrogen-bond donors (Lipinski definition) is 2. The van der Waals surface area contributed by atoms with Gasteiger partial charge in [-0.25, -0.2) is 4.98 Å². The summed E-state index contributed by atoms with van der Waals surface area (Å²) in [6.45, 7) is 8.29. The Kier molecular flexibility index (Phi) is 9.96. The number of aliphatic hydroxyl groups is 1. The molecule has 178 valence electrons. The number of benzene rings is 1. The van der Waals surface area contributed by atoms with E-state index in [0.29, 0.717) is 36.2 Å². The van der Waals surface area contributed by atoms with Crippen LogP contribution in [0.25, 0.3) is 0 Å². The molecule has 1 atom stereocenters. The SMILES string of the molecule is C=CCOCC(O)CN1CCCN(c2ccc(NC(=O)COc3ccc(Cl)cc3)cn2)CC1. The van der Waals surface area contributed by atoms with Crippen molar-refractivity contribution in [1.29, 1.82) is 0 Å². The standard InChI is InChI=1S/C24H31ClN4O4/c1-2-14-32-17-21(30)16-28-10-3-11-29(13-12-28)23-9-6-20(15-26-23)27-24(31)18-33-22-7-4-19(25)5-8-22/h2,4-9,15,21,30H,1,3,10-14,16-18H2,(H,27,31). The molecule has 33 heavy (non-hydrogen) atoms. The molecule has 2 aromatic rings. The predicted octanol–water partition coefficient (Wildman–Crippen LogP) is 2.83. The van der Waals surface area contributed by atoms with Crippen LogP contribution in [-0.4, -0.2) is 79.5 Å². The zero-order chi connectivity index (χ0) is 23.5. The van der Waals surface area contributed by atoms with E-state index in [4.69, 9.17) is 21.1 Å². The summed E-state index contributed by atoms with van der Waals surface area (Å²) in [7, 11) is 0. The van der Waals surface area contributed by atoms with E-state index in [-0.39, 0.29) is 12.5 Å². The van der Waals surface area contributed by atoms with E-state index in [2.05, 4.69) is 26.7 Å². The number of carbonyl (C=O) groups is 1. The quantitative estimate of drug-likeness (QED) is 0.382. The molecular weight excluding hydrogens is 444 g/mol. The van der Waals surface area contributed by atoms with Gasteiger partial charge in [0.05, 0.1) is 31.2 Å². The topological polar surface area (TPSA) is 87.2 Å². The number of β-amino-alcohol motifs (C(OH)–C–C–N with tert-alkyl or cyclic N) is 1. The number of aromatic nitrogens is 1. The third-order valence-corrected chi connectivity index (χ3v) is 5.39. The molecule has 1 aliphatic heterocycles. The van der Waals surface area contributed by atoms with Crippen molar-refractivity contribution in [3.63, 3.8) is 0 Å². The number of rotatable bonds is 11. The molecule has 1 unspecified atom stereocenters.